The van der Waals surface area contributed by atoms with E-state index in [1.54, 1.807) is 10.8 Å². The molecular weight excluding hydrogens is 380 g/mol. The van der Waals surface area contributed by atoms with Gasteiger partial charge in [-0.2, -0.15) is 5.10 Å². The Labute approximate surface area is 176 Å². The molecule has 2 aliphatic rings. The van der Waals surface area contributed by atoms with E-state index in [-0.39, 0.29) is 30.3 Å². The fourth-order valence-corrected chi connectivity index (χ4v) is 4.21. The topological polar surface area (TPSA) is 67.7 Å². The van der Waals surface area contributed by atoms with E-state index in [1.165, 1.54) is 0 Å². The Bertz CT molecular complexity index is 937. The molecule has 1 aromatic heterocycles. The number of fused-ring (bicyclic) bond motifs is 3. The van der Waals surface area contributed by atoms with Crippen LogP contribution in [0.25, 0.3) is 6.08 Å². The minimum absolute atomic E-state index is 0.0345. The average molecular weight is 409 g/mol. The Kier molecular flexibility index (Phi) is 5.99. The summed E-state index contributed by atoms with van der Waals surface area (Å²) in [4.78, 5) is 29.7. The van der Waals surface area contributed by atoms with Gasteiger partial charge in [0.2, 0.25) is 11.8 Å². The Morgan fingerprint density at radius 2 is 1.93 bits per heavy atom. The molecule has 7 nitrogen and oxygen atoms in total. The molecule has 0 saturated carbocycles. The predicted molar refractivity (Wildman–Crippen MR) is 114 cm³/mol. The number of hydrogen-bond acceptors (Lipinski definition) is 4. The number of hydrogen-bond donors (Lipinski definition) is 0. The number of carbonyl (C=O) groups excluding carboxylic acids is 2. The smallest absolute Gasteiger partial charge is 0.246 e. The third-order valence-electron chi connectivity index (χ3n) is 5.71. The fourth-order valence-electron chi connectivity index (χ4n) is 4.21. The standard InChI is InChI=1S/C23H28N4O3/c1-17-10-18(2)27(24-17)14-23(29)25-11-20-12-26(21(13-25)16-30-15-20)22(28)9-8-19-6-4-3-5-7-19/h3-10,20-21H,11-16H2,1-2H3/b9-8+/t20-,21-/m0/s1. The molecule has 158 valence electrons. The van der Waals surface area contributed by atoms with Crippen molar-refractivity contribution < 1.29 is 14.3 Å². The van der Waals surface area contributed by atoms with E-state index in [2.05, 4.69) is 5.10 Å². The number of nitrogens with zero attached hydrogens (tertiary/aromatic N) is 4. The number of rotatable bonds is 4. The Balaban J connectivity index is 1.46. The summed E-state index contributed by atoms with van der Waals surface area (Å²) >= 11 is 0. The van der Waals surface area contributed by atoms with E-state index in [0.29, 0.717) is 32.8 Å². The van der Waals surface area contributed by atoms with Crippen molar-refractivity contribution in [3.63, 3.8) is 0 Å². The van der Waals surface area contributed by atoms with Crippen molar-refractivity contribution in [2.45, 2.75) is 26.4 Å². The molecule has 0 aliphatic carbocycles. The molecule has 0 spiro atoms. The third kappa shape index (κ3) is 4.62. The first-order valence-electron chi connectivity index (χ1n) is 10.4. The van der Waals surface area contributed by atoms with Crippen LogP contribution in [0.1, 0.15) is 17.0 Å². The van der Waals surface area contributed by atoms with Crippen molar-refractivity contribution in [2.24, 2.45) is 5.92 Å². The maximum absolute atomic E-state index is 13.0. The minimum atomic E-state index is -0.144. The highest BCUT2D eigenvalue weighted by Gasteiger charge is 2.36. The minimum Gasteiger partial charge on any atom is -0.379 e. The van der Waals surface area contributed by atoms with E-state index in [9.17, 15) is 9.59 Å². The number of amides is 2. The molecule has 0 radical (unpaired) electrons. The lowest BCUT2D eigenvalue weighted by Crippen LogP contribution is -2.48. The van der Waals surface area contributed by atoms with Crippen molar-refractivity contribution in [1.29, 1.82) is 0 Å². The van der Waals surface area contributed by atoms with Crippen LogP contribution in [0.4, 0.5) is 0 Å². The summed E-state index contributed by atoms with van der Waals surface area (Å²) in [5.74, 6) is 0.107. The first-order chi connectivity index (χ1) is 14.5. The molecule has 0 N–H and O–H groups in total. The normalized spacial score (nSPS) is 21.7. The van der Waals surface area contributed by atoms with E-state index in [4.69, 9.17) is 4.74 Å². The van der Waals surface area contributed by atoms with Crippen LogP contribution in [0.2, 0.25) is 0 Å². The molecule has 3 heterocycles. The number of aromatic nitrogens is 2. The van der Waals surface area contributed by atoms with Crippen LogP contribution >= 0.6 is 0 Å². The molecule has 4 rings (SSSR count). The van der Waals surface area contributed by atoms with Gasteiger partial charge in [0.15, 0.2) is 0 Å². The highest BCUT2D eigenvalue weighted by Crippen LogP contribution is 2.21. The maximum Gasteiger partial charge on any atom is 0.246 e. The van der Waals surface area contributed by atoms with E-state index >= 15 is 0 Å². The van der Waals surface area contributed by atoms with Gasteiger partial charge in [-0.25, -0.2) is 0 Å². The van der Waals surface area contributed by atoms with Crippen molar-refractivity contribution in [3.05, 3.63) is 59.4 Å². The van der Waals surface area contributed by atoms with Gasteiger partial charge in [0, 0.05) is 37.3 Å². The molecule has 0 unspecified atom stereocenters. The maximum atomic E-state index is 13.0. The van der Waals surface area contributed by atoms with Crippen LogP contribution in [0.15, 0.2) is 42.5 Å². The molecule has 2 fully saturated rings. The number of aryl methyl sites for hydroxylation is 2. The molecule has 2 aromatic rings. The number of benzene rings is 1. The van der Waals surface area contributed by atoms with Gasteiger partial charge in [-0.1, -0.05) is 30.3 Å². The Hall–Kier alpha value is -2.93. The lowest BCUT2D eigenvalue weighted by Gasteiger charge is -2.31. The third-order valence-corrected chi connectivity index (χ3v) is 5.71. The zero-order chi connectivity index (χ0) is 21.1. The molecule has 2 saturated heterocycles. The SMILES string of the molecule is Cc1cc(C)n(CC(=O)N2C[C@@H]3COC[C@H](C2)N(C(=O)/C=C/c2ccccc2)C3)n1. The van der Waals surface area contributed by atoms with Crippen molar-refractivity contribution in [3.8, 4) is 0 Å². The van der Waals surface area contributed by atoms with E-state index < -0.39 is 0 Å². The molecule has 7 heteroatoms. The number of carbonyl (C=O) groups is 2. The van der Waals surface area contributed by atoms with Crippen LogP contribution < -0.4 is 0 Å². The Morgan fingerprint density at radius 1 is 1.13 bits per heavy atom. The highest BCUT2D eigenvalue weighted by molar-refractivity contribution is 5.92. The van der Waals surface area contributed by atoms with Crippen LogP contribution in [-0.2, 0) is 20.9 Å². The molecular formula is C23H28N4O3. The summed E-state index contributed by atoms with van der Waals surface area (Å²) in [6.07, 6.45) is 3.46. The second kappa shape index (κ2) is 8.83. The van der Waals surface area contributed by atoms with Gasteiger partial charge in [0.05, 0.1) is 24.9 Å². The largest absolute Gasteiger partial charge is 0.379 e. The predicted octanol–water partition coefficient (Wildman–Crippen LogP) is 1.90. The first kappa shape index (κ1) is 20.3. The van der Waals surface area contributed by atoms with Crippen molar-refractivity contribution in [2.75, 3.05) is 32.8 Å². The van der Waals surface area contributed by atoms with Crippen LogP contribution in [0, 0.1) is 19.8 Å². The highest BCUT2D eigenvalue weighted by atomic mass is 16.5. The molecule has 2 amide bonds. The summed E-state index contributed by atoms with van der Waals surface area (Å²) < 4.78 is 7.55. The van der Waals surface area contributed by atoms with Crippen molar-refractivity contribution in [1.82, 2.24) is 19.6 Å². The molecule has 1 aromatic carbocycles. The Morgan fingerprint density at radius 3 is 2.67 bits per heavy atom. The van der Waals surface area contributed by atoms with Gasteiger partial charge < -0.3 is 14.5 Å². The number of ether oxygens (including phenoxy) is 1. The fraction of sp³-hybridized carbons (Fsp3) is 0.435. The summed E-state index contributed by atoms with van der Waals surface area (Å²) in [7, 11) is 0. The molecule has 2 bridgehead atoms. The van der Waals surface area contributed by atoms with Crippen LogP contribution in [0.3, 0.4) is 0 Å². The summed E-state index contributed by atoms with van der Waals surface area (Å²) in [6.45, 7) is 6.80. The van der Waals surface area contributed by atoms with E-state index in [1.807, 2.05) is 66.1 Å². The van der Waals surface area contributed by atoms with Gasteiger partial charge in [0.25, 0.3) is 0 Å². The lowest BCUT2D eigenvalue weighted by molar-refractivity contribution is -0.135. The second-order valence-corrected chi connectivity index (χ2v) is 8.18. The zero-order valence-corrected chi connectivity index (χ0v) is 17.5. The average Bonchev–Trinajstić information content (AvgIpc) is 2.89. The zero-order valence-electron chi connectivity index (χ0n) is 17.5. The molecule has 2 atom stereocenters. The molecule has 30 heavy (non-hydrogen) atoms. The summed E-state index contributed by atoms with van der Waals surface area (Å²) in [5.41, 5.74) is 2.87. The van der Waals surface area contributed by atoms with Crippen LogP contribution in [-0.4, -0.2) is 70.3 Å². The molecule has 2 aliphatic heterocycles. The summed E-state index contributed by atoms with van der Waals surface area (Å²) in [5, 5.41) is 4.41. The summed E-state index contributed by atoms with van der Waals surface area (Å²) in [6, 6.07) is 11.6. The van der Waals surface area contributed by atoms with Crippen molar-refractivity contribution >= 4 is 17.9 Å². The van der Waals surface area contributed by atoms with Gasteiger partial charge >= 0.3 is 0 Å². The first-order valence-corrected chi connectivity index (χ1v) is 10.4. The van der Waals surface area contributed by atoms with Gasteiger partial charge in [-0.3, -0.25) is 14.3 Å². The second-order valence-electron chi connectivity index (χ2n) is 8.18. The monoisotopic (exact) mass is 408 g/mol. The van der Waals surface area contributed by atoms with Gasteiger partial charge in [0.1, 0.15) is 6.54 Å². The van der Waals surface area contributed by atoms with Gasteiger partial charge in [-0.05, 0) is 31.6 Å². The van der Waals surface area contributed by atoms with Crippen LogP contribution in [0.5, 0.6) is 0 Å². The quantitative estimate of drug-likeness (QED) is 0.725. The lowest BCUT2D eigenvalue weighted by atomic mass is 10.1. The van der Waals surface area contributed by atoms with E-state index in [0.717, 1.165) is 17.0 Å². The van der Waals surface area contributed by atoms with Gasteiger partial charge in [-0.15, -0.1) is 0 Å².